The van der Waals surface area contributed by atoms with Gasteiger partial charge in [0.25, 0.3) is 0 Å². The van der Waals surface area contributed by atoms with Crippen molar-refractivity contribution in [3.63, 3.8) is 0 Å². The number of carbonyl (C=O) groups is 1. The number of Topliss-reactive ketones (excluding diaryl/α,β-unsaturated/α-hetero) is 1. The average Bonchev–Trinajstić information content (AvgIpc) is 2.06. The maximum absolute atomic E-state index is 11.4. The third-order valence-corrected chi connectivity index (χ3v) is 1.91. The van der Waals surface area contributed by atoms with Crippen LogP contribution < -0.4 is 0 Å². The van der Waals surface area contributed by atoms with Gasteiger partial charge in [0.05, 0.1) is 6.10 Å². The molecular formula is C8H13O4. The standard InChI is InChI=1S/C8H13O4/c1-5-8(11-3)7(9)6(10-2)4-12-5/h4-6,8H,1-3H3. The lowest BCUT2D eigenvalue weighted by molar-refractivity contribution is -0.158. The van der Waals surface area contributed by atoms with Crippen LogP contribution in [0.1, 0.15) is 6.92 Å². The van der Waals surface area contributed by atoms with Crippen molar-refractivity contribution in [1.82, 2.24) is 0 Å². The lowest BCUT2D eigenvalue weighted by Gasteiger charge is -2.30. The SMILES string of the molecule is COC1[CH]OC(C)C(OC)C1=O. The van der Waals surface area contributed by atoms with Crippen molar-refractivity contribution < 1.29 is 19.0 Å². The molecule has 1 aliphatic rings. The number of hydrogen-bond donors (Lipinski definition) is 0. The zero-order valence-corrected chi connectivity index (χ0v) is 7.44. The summed E-state index contributed by atoms with van der Waals surface area (Å²) in [5.74, 6) is -0.0845. The van der Waals surface area contributed by atoms with Gasteiger partial charge in [0.1, 0.15) is 18.8 Å². The monoisotopic (exact) mass is 173 g/mol. The van der Waals surface area contributed by atoms with Gasteiger partial charge in [-0.3, -0.25) is 4.79 Å². The van der Waals surface area contributed by atoms with E-state index >= 15 is 0 Å². The van der Waals surface area contributed by atoms with Crippen molar-refractivity contribution in [3.05, 3.63) is 6.61 Å². The molecule has 0 amide bonds. The topological polar surface area (TPSA) is 44.8 Å². The van der Waals surface area contributed by atoms with Gasteiger partial charge in [0.15, 0.2) is 5.78 Å². The van der Waals surface area contributed by atoms with E-state index in [4.69, 9.17) is 14.2 Å². The summed E-state index contributed by atoms with van der Waals surface area (Å²) < 4.78 is 15.0. The van der Waals surface area contributed by atoms with Gasteiger partial charge in [0.2, 0.25) is 0 Å². The van der Waals surface area contributed by atoms with E-state index in [2.05, 4.69) is 0 Å². The Morgan fingerprint density at radius 1 is 1.42 bits per heavy atom. The molecule has 3 unspecified atom stereocenters. The first kappa shape index (κ1) is 9.64. The van der Waals surface area contributed by atoms with Crippen LogP contribution in [0.15, 0.2) is 0 Å². The average molecular weight is 173 g/mol. The molecule has 0 spiro atoms. The molecule has 69 valence electrons. The van der Waals surface area contributed by atoms with Crippen molar-refractivity contribution in [2.24, 2.45) is 0 Å². The van der Waals surface area contributed by atoms with Gasteiger partial charge in [-0.25, -0.2) is 0 Å². The molecule has 1 aliphatic heterocycles. The maximum atomic E-state index is 11.4. The molecule has 0 bridgehead atoms. The van der Waals surface area contributed by atoms with Gasteiger partial charge in [-0.1, -0.05) is 0 Å². The molecule has 4 heteroatoms. The molecule has 0 aliphatic carbocycles. The van der Waals surface area contributed by atoms with Gasteiger partial charge >= 0.3 is 0 Å². The first-order valence-electron chi connectivity index (χ1n) is 3.78. The Morgan fingerprint density at radius 3 is 2.58 bits per heavy atom. The number of carbonyl (C=O) groups excluding carboxylic acids is 1. The Kier molecular flexibility index (Phi) is 3.20. The highest BCUT2D eigenvalue weighted by Gasteiger charge is 2.37. The number of methoxy groups -OCH3 is 2. The minimum Gasteiger partial charge on any atom is -0.371 e. The third kappa shape index (κ3) is 1.65. The molecule has 0 aromatic carbocycles. The zero-order valence-electron chi connectivity index (χ0n) is 7.44. The highest BCUT2D eigenvalue weighted by molar-refractivity contribution is 5.89. The minimum absolute atomic E-state index is 0.0845. The van der Waals surface area contributed by atoms with E-state index < -0.39 is 12.2 Å². The van der Waals surface area contributed by atoms with E-state index in [1.165, 1.54) is 20.8 Å². The maximum Gasteiger partial charge on any atom is 0.195 e. The smallest absolute Gasteiger partial charge is 0.195 e. The third-order valence-electron chi connectivity index (χ3n) is 1.91. The molecule has 1 radical (unpaired) electrons. The molecule has 1 fully saturated rings. The molecule has 0 aromatic heterocycles. The molecule has 0 saturated carbocycles. The number of hydrogen-bond acceptors (Lipinski definition) is 4. The predicted molar refractivity (Wildman–Crippen MR) is 41.4 cm³/mol. The summed E-state index contributed by atoms with van der Waals surface area (Å²) in [4.78, 5) is 11.4. The molecule has 4 nitrogen and oxygen atoms in total. The molecule has 0 N–H and O–H groups in total. The van der Waals surface area contributed by atoms with Crippen LogP contribution in [-0.4, -0.2) is 38.3 Å². The van der Waals surface area contributed by atoms with Crippen molar-refractivity contribution in [2.45, 2.75) is 25.2 Å². The van der Waals surface area contributed by atoms with Crippen LogP contribution in [0.25, 0.3) is 0 Å². The largest absolute Gasteiger partial charge is 0.371 e. The second-order valence-electron chi connectivity index (χ2n) is 2.69. The second kappa shape index (κ2) is 3.98. The molecule has 12 heavy (non-hydrogen) atoms. The normalized spacial score (nSPS) is 36.9. The van der Waals surface area contributed by atoms with Gasteiger partial charge in [-0.2, -0.15) is 0 Å². The summed E-state index contributed by atoms with van der Waals surface area (Å²) in [6.07, 6.45) is -1.33. The summed E-state index contributed by atoms with van der Waals surface area (Å²) in [5, 5.41) is 0. The Labute approximate surface area is 71.8 Å². The lowest BCUT2D eigenvalue weighted by atomic mass is 10.0. The molecule has 0 aromatic rings. The summed E-state index contributed by atoms with van der Waals surface area (Å²) in [6, 6.07) is 0. The second-order valence-corrected chi connectivity index (χ2v) is 2.69. The predicted octanol–water partition coefficient (Wildman–Crippen LogP) is 0.166. The molecule has 1 heterocycles. The Morgan fingerprint density at radius 2 is 2.08 bits per heavy atom. The molecule has 1 rings (SSSR count). The van der Waals surface area contributed by atoms with Crippen LogP contribution in [0.3, 0.4) is 0 Å². The van der Waals surface area contributed by atoms with Gasteiger partial charge in [-0.15, -0.1) is 0 Å². The van der Waals surface area contributed by atoms with Crippen LogP contribution in [0, 0.1) is 6.61 Å². The number of rotatable bonds is 2. The van der Waals surface area contributed by atoms with Crippen LogP contribution in [-0.2, 0) is 19.0 Å². The van der Waals surface area contributed by atoms with Crippen LogP contribution >= 0.6 is 0 Å². The Bertz CT molecular complexity index is 168. The summed E-state index contributed by atoms with van der Waals surface area (Å²) in [5.41, 5.74) is 0. The zero-order chi connectivity index (χ0) is 9.14. The van der Waals surface area contributed by atoms with Crippen molar-refractivity contribution in [1.29, 1.82) is 0 Å². The molecular weight excluding hydrogens is 160 g/mol. The van der Waals surface area contributed by atoms with E-state index in [1.54, 1.807) is 6.92 Å². The number of ether oxygens (including phenoxy) is 3. The van der Waals surface area contributed by atoms with Gasteiger partial charge in [-0.05, 0) is 6.92 Å². The summed E-state index contributed by atoms with van der Waals surface area (Å²) >= 11 is 0. The fourth-order valence-corrected chi connectivity index (χ4v) is 1.21. The van der Waals surface area contributed by atoms with Crippen LogP contribution in [0.5, 0.6) is 0 Å². The van der Waals surface area contributed by atoms with Crippen molar-refractivity contribution in [2.75, 3.05) is 14.2 Å². The lowest BCUT2D eigenvalue weighted by Crippen LogP contribution is -2.47. The first-order chi connectivity index (χ1) is 5.70. The Hall–Kier alpha value is -0.450. The van der Waals surface area contributed by atoms with Crippen molar-refractivity contribution >= 4 is 5.78 Å². The van der Waals surface area contributed by atoms with E-state index in [1.807, 2.05) is 0 Å². The van der Waals surface area contributed by atoms with E-state index in [9.17, 15) is 4.79 Å². The quantitative estimate of drug-likeness (QED) is 0.597. The highest BCUT2D eigenvalue weighted by atomic mass is 16.6. The number of ketones is 1. The minimum atomic E-state index is -0.592. The van der Waals surface area contributed by atoms with Crippen LogP contribution in [0.2, 0.25) is 0 Å². The first-order valence-corrected chi connectivity index (χ1v) is 3.78. The van der Waals surface area contributed by atoms with Gasteiger partial charge in [0, 0.05) is 14.2 Å². The summed E-state index contributed by atoms with van der Waals surface area (Å²) in [7, 11) is 2.95. The fourth-order valence-electron chi connectivity index (χ4n) is 1.21. The van der Waals surface area contributed by atoms with E-state index in [0.29, 0.717) is 0 Å². The summed E-state index contributed by atoms with van der Waals surface area (Å²) in [6.45, 7) is 3.19. The van der Waals surface area contributed by atoms with Crippen LogP contribution in [0.4, 0.5) is 0 Å². The Balaban J connectivity index is 2.63. The van der Waals surface area contributed by atoms with Gasteiger partial charge < -0.3 is 14.2 Å². The highest BCUT2D eigenvalue weighted by Crippen LogP contribution is 2.17. The fraction of sp³-hybridized carbons (Fsp3) is 0.750. The van der Waals surface area contributed by atoms with E-state index in [-0.39, 0.29) is 11.9 Å². The molecule has 3 atom stereocenters. The van der Waals surface area contributed by atoms with E-state index in [0.717, 1.165) is 0 Å². The molecule has 1 saturated heterocycles. The van der Waals surface area contributed by atoms with Crippen molar-refractivity contribution in [3.8, 4) is 0 Å².